The smallest absolute Gasteiger partial charge is 0.161 e. The van der Waals surface area contributed by atoms with Crippen molar-refractivity contribution in [3.8, 4) is 22.8 Å². The van der Waals surface area contributed by atoms with Crippen LogP contribution < -0.4 is 10.1 Å². The van der Waals surface area contributed by atoms with Gasteiger partial charge < -0.3 is 15.2 Å². The summed E-state index contributed by atoms with van der Waals surface area (Å²) in [5.41, 5.74) is 4.50. The fraction of sp³-hybridized carbons (Fsp3) is 0.0952. The molecule has 0 atom stereocenters. The molecule has 0 amide bonds. The lowest BCUT2D eigenvalue weighted by atomic mass is 10.1. The Morgan fingerprint density at radius 1 is 1.07 bits per heavy atom. The molecule has 27 heavy (non-hydrogen) atoms. The van der Waals surface area contributed by atoms with Crippen LogP contribution in [0, 0.1) is 6.92 Å². The number of imidazole rings is 1. The number of pyridine rings is 1. The molecule has 2 aromatic heterocycles. The second kappa shape index (κ2) is 6.96. The van der Waals surface area contributed by atoms with Crippen molar-refractivity contribution in [1.29, 1.82) is 0 Å². The molecule has 0 saturated carbocycles. The van der Waals surface area contributed by atoms with E-state index in [4.69, 9.17) is 9.72 Å². The Morgan fingerprint density at radius 3 is 2.59 bits per heavy atom. The standard InChI is InChI=1S/C21H18BrN3O2/c1-13-4-3-5-19-24-20(14-6-11-17(26)18(12-14)27-2)21(25(13)19)23-16-9-7-15(22)8-10-16/h3-12,23,26H,1-2H3. The zero-order valence-corrected chi connectivity index (χ0v) is 16.5. The van der Waals surface area contributed by atoms with Crippen molar-refractivity contribution >= 4 is 33.1 Å². The third-order valence-corrected chi connectivity index (χ3v) is 4.93. The van der Waals surface area contributed by atoms with E-state index in [1.807, 2.05) is 55.5 Å². The van der Waals surface area contributed by atoms with Crippen LogP contribution in [0.4, 0.5) is 11.5 Å². The summed E-state index contributed by atoms with van der Waals surface area (Å²) in [6.07, 6.45) is 0. The number of aromatic nitrogens is 2. The average Bonchev–Trinajstić information content (AvgIpc) is 3.04. The van der Waals surface area contributed by atoms with Crippen molar-refractivity contribution in [3.05, 3.63) is 70.8 Å². The van der Waals surface area contributed by atoms with Gasteiger partial charge in [0.2, 0.25) is 0 Å². The molecule has 0 spiro atoms. The highest BCUT2D eigenvalue weighted by atomic mass is 79.9. The van der Waals surface area contributed by atoms with Crippen LogP contribution in [0.5, 0.6) is 11.5 Å². The van der Waals surface area contributed by atoms with Gasteiger partial charge in [-0.15, -0.1) is 0 Å². The predicted octanol–water partition coefficient (Wildman–Crippen LogP) is 5.53. The molecule has 0 aliphatic heterocycles. The first kappa shape index (κ1) is 17.4. The molecule has 2 aromatic carbocycles. The lowest BCUT2D eigenvalue weighted by Crippen LogP contribution is -1.99. The number of nitrogens with one attached hydrogen (secondary N) is 1. The molecule has 0 bridgehead atoms. The Bertz CT molecular complexity index is 1120. The van der Waals surface area contributed by atoms with Gasteiger partial charge in [-0.2, -0.15) is 0 Å². The maximum absolute atomic E-state index is 9.93. The molecule has 2 heterocycles. The van der Waals surface area contributed by atoms with Crippen LogP contribution >= 0.6 is 15.9 Å². The number of phenolic OH excluding ortho intramolecular Hbond substituents is 1. The van der Waals surface area contributed by atoms with Gasteiger partial charge in [0.1, 0.15) is 17.2 Å². The molecule has 0 radical (unpaired) electrons. The van der Waals surface area contributed by atoms with E-state index in [9.17, 15) is 5.11 Å². The Labute approximate surface area is 165 Å². The van der Waals surface area contributed by atoms with Gasteiger partial charge in [0, 0.05) is 21.4 Å². The molecule has 6 heteroatoms. The number of benzene rings is 2. The topological polar surface area (TPSA) is 58.8 Å². The molecule has 2 N–H and O–H groups in total. The first-order valence-electron chi connectivity index (χ1n) is 8.45. The summed E-state index contributed by atoms with van der Waals surface area (Å²) in [5.74, 6) is 1.37. The number of fused-ring (bicyclic) bond motifs is 1. The number of methoxy groups -OCH3 is 1. The Balaban J connectivity index is 1.92. The Morgan fingerprint density at radius 2 is 1.85 bits per heavy atom. The third kappa shape index (κ3) is 3.24. The fourth-order valence-electron chi connectivity index (χ4n) is 3.07. The SMILES string of the molecule is COc1cc(-c2nc3cccc(C)n3c2Nc2ccc(Br)cc2)ccc1O. The minimum Gasteiger partial charge on any atom is -0.504 e. The highest BCUT2D eigenvalue weighted by Crippen LogP contribution is 2.36. The van der Waals surface area contributed by atoms with Crippen LogP contribution in [-0.4, -0.2) is 21.6 Å². The number of hydrogen-bond acceptors (Lipinski definition) is 4. The maximum atomic E-state index is 9.93. The van der Waals surface area contributed by atoms with Crippen LogP contribution in [-0.2, 0) is 0 Å². The number of nitrogens with zero attached hydrogens (tertiary/aromatic N) is 2. The molecule has 4 aromatic rings. The van der Waals surface area contributed by atoms with Crippen molar-refractivity contribution in [2.45, 2.75) is 6.92 Å². The lowest BCUT2D eigenvalue weighted by Gasteiger charge is -2.11. The van der Waals surface area contributed by atoms with E-state index in [-0.39, 0.29) is 5.75 Å². The molecule has 4 rings (SSSR count). The maximum Gasteiger partial charge on any atom is 0.161 e. The molecule has 0 saturated heterocycles. The van der Waals surface area contributed by atoms with E-state index in [0.717, 1.165) is 38.6 Å². The molecule has 5 nitrogen and oxygen atoms in total. The van der Waals surface area contributed by atoms with Gasteiger partial charge in [-0.1, -0.05) is 22.0 Å². The number of anilines is 2. The summed E-state index contributed by atoms with van der Waals surface area (Å²) in [4.78, 5) is 4.82. The molecule has 0 unspecified atom stereocenters. The first-order valence-corrected chi connectivity index (χ1v) is 9.24. The molecular weight excluding hydrogens is 406 g/mol. The zero-order valence-electron chi connectivity index (χ0n) is 14.9. The van der Waals surface area contributed by atoms with Crippen molar-refractivity contribution in [2.75, 3.05) is 12.4 Å². The number of ether oxygens (including phenoxy) is 1. The molecule has 0 aliphatic rings. The second-order valence-electron chi connectivity index (χ2n) is 6.19. The predicted molar refractivity (Wildman–Crippen MR) is 111 cm³/mol. The summed E-state index contributed by atoms with van der Waals surface area (Å²) >= 11 is 3.47. The van der Waals surface area contributed by atoms with Gasteiger partial charge in [-0.05, 0) is 61.5 Å². The number of halogens is 1. The monoisotopic (exact) mass is 423 g/mol. The quantitative estimate of drug-likeness (QED) is 0.452. The minimum absolute atomic E-state index is 0.101. The Kier molecular flexibility index (Phi) is 4.49. The summed E-state index contributed by atoms with van der Waals surface area (Å²) in [6.45, 7) is 2.04. The number of phenols is 1. The number of hydrogen-bond donors (Lipinski definition) is 2. The molecule has 136 valence electrons. The lowest BCUT2D eigenvalue weighted by molar-refractivity contribution is 0.373. The van der Waals surface area contributed by atoms with E-state index >= 15 is 0 Å². The van der Waals surface area contributed by atoms with Crippen molar-refractivity contribution in [1.82, 2.24) is 9.38 Å². The van der Waals surface area contributed by atoms with Gasteiger partial charge in [0.25, 0.3) is 0 Å². The van der Waals surface area contributed by atoms with E-state index < -0.39 is 0 Å². The van der Waals surface area contributed by atoms with Crippen LogP contribution in [0.2, 0.25) is 0 Å². The summed E-state index contributed by atoms with van der Waals surface area (Å²) in [5, 5.41) is 13.4. The van der Waals surface area contributed by atoms with E-state index in [2.05, 4.69) is 25.6 Å². The number of aryl methyl sites for hydroxylation is 1. The van der Waals surface area contributed by atoms with Crippen LogP contribution in [0.1, 0.15) is 5.69 Å². The van der Waals surface area contributed by atoms with Crippen molar-refractivity contribution in [2.24, 2.45) is 0 Å². The third-order valence-electron chi connectivity index (χ3n) is 4.40. The zero-order chi connectivity index (χ0) is 19.0. The fourth-order valence-corrected chi connectivity index (χ4v) is 3.33. The molecular formula is C21H18BrN3O2. The number of rotatable bonds is 4. The molecule has 0 fully saturated rings. The van der Waals surface area contributed by atoms with Gasteiger partial charge in [-0.3, -0.25) is 4.40 Å². The highest BCUT2D eigenvalue weighted by molar-refractivity contribution is 9.10. The van der Waals surface area contributed by atoms with E-state index in [1.54, 1.807) is 12.1 Å². The van der Waals surface area contributed by atoms with Crippen LogP contribution in [0.25, 0.3) is 16.9 Å². The minimum atomic E-state index is 0.101. The summed E-state index contributed by atoms with van der Waals surface area (Å²) in [6, 6.07) is 19.2. The van der Waals surface area contributed by atoms with Crippen LogP contribution in [0.15, 0.2) is 65.1 Å². The van der Waals surface area contributed by atoms with E-state index in [0.29, 0.717) is 5.75 Å². The van der Waals surface area contributed by atoms with E-state index in [1.165, 1.54) is 7.11 Å². The summed E-state index contributed by atoms with van der Waals surface area (Å²) in [7, 11) is 1.54. The highest BCUT2D eigenvalue weighted by Gasteiger charge is 2.17. The first-order chi connectivity index (χ1) is 13.1. The average molecular weight is 424 g/mol. The number of aromatic hydroxyl groups is 1. The van der Waals surface area contributed by atoms with Crippen molar-refractivity contribution < 1.29 is 9.84 Å². The van der Waals surface area contributed by atoms with Crippen molar-refractivity contribution in [3.63, 3.8) is 0 Å². The Hall–Kier alpha value is -2.99. The molecule has 0 aliphatic carbocycles. The van der Waals surface area contributed by atoms with Gasteiger partial charge >= 0.3 is 0 Å². The largest absolute Gasteiger partial charge is 0.504 e. The normalized spacial score (nSPS) is 10.9. The van der Waals surface area contributed by atoms with Gasteiger partial charge in [-0.25, -0.2) is 4.98 Å². The van der Waals surface area contributed by atoms with Gasteiger partial charge in [0.05, 0.1) is 7.11 Å². The second-order valence-corrected chi connectivity index (χ2v) is 7.10. The summed E-state index contributed by atoms with van der Waals surface area (Å²) < 4.78 is 8.37. The van der Waals surface area contributed by atoms with Crippen LogP contribution in [0.3, 0.4) is 0 Å². The van der Waals surface area contributed by atoms with Gasteiger partial charge in [0.15, 0.2) is 11.5 Å².